The SMILES string of the molecule is CN(C)Cc1nnc([C@@H]2CCCN(C(=O)c3ccc4nnnn4c3)C2)n1C. The number of carbonyl (C=O) groups is 1. The van der Waals surface area contributed by atoms with Gasteiger partial charge in [-0.25, -0.2) is 0 Å². The molecule has 0 unspecified atom stereocenters. The molecule has 10 heteroatoms. The van der Waals surface area contributed by atoms with Crippen LogP contribution in [0.3, 0.4) is 0 Å². The van der Waals surface area contributed by atoms with E-state index in [4.69, 9.17) is 0 Å². The quantitative estimate of drug-likeness (QED) is 0.654. The summed E-state index contributed by atoms with van der Waals surface area (Å²) < 4.78 is 3.58. The normalized spacial score (nSPS) is 17.8. The average molecular weight is 369 g/mol. The summed E-state index contributed by atoms with van der Waals surface area (Å²) in [4.78, 5) is 16.9. The second-order valence-electron chi connectivity index (χ2n) is 7.26. The number of pyridine rings is 1. The molecule has 0 spiro atoms. The summed E-state index contributed by atoms with van der Waals surface area (Å²) in [7, 11) is 6.02. The van der Waals surface area contributed by atoms with E-state index in [2.05, 4.69) is 35.2 Å². The van der Waals surface area contributed by atoms with E-state index in [1.165, 1.54) is 4.52 Å². The van der Waals surface area contributed by atoms with Gasteiger partial charge in [0.25, 0.3) is 5.91 Å². The zero-order valence-electron chi connectivity index (χ0n) is 15.8. The van der Waals surface area contributed by atoms with Gasteiger partial charge in [-0.3, -0.25) is 4.79 Å². The van der Waals surface area contributed by atoms with Crippen LogP contribution in [0.25, 0.3) is 5.65 Å². The van der Waals surface area contributed by atoms with Gasteiger partial charge in [-0.1, -0.05) is 0 Å². The third kappa shape index (κ3) is 3.39. The predicted octanol–water partition coefficient (Wildman–Crippen LogP) is 0.334. The molecule has 0 N–H and O–H groups in total. The maximum absolute atomic E-state index is 13.0. The van der Waals surface area contributed by atoms with Crippen LogP contribution in [0.1, 0.15) is 40.8 Å². The van der Waals surface area contributed by atoms with Crippen molar-refractivity contribution < 1.29 is 4.79 Å². The fourth-order valence-electron chi connectivity index (χ4n) is 3.57. The van der Waals surface area contributed by atoms with Crippen LogP contribution in [-0.4, -0.2) is 77.7 Å². The lowest BCUT2D eigenvalue weighted by Crippen LogP contribution is -2.39. The number of piperidine rings is 1. The molecule has 4 heterocycles. The highest BCUT2D eigenvalue weighted by atomic mass is 16.2. The second kappa shape index (κ2) is 7.03. The summed E-state index contributed by atoms with van der Waals surface area (Å²) in [5.41, 5.74) is 1.21. The van der Waals surface area contributed by atoms with Gasteiger partial charge in [0, 0.05) is 32.3 Å². The van der Waals surface area contributed by atoms with E-state index in [-0.39, 0.29) is 11.8 Å². The average Bonchev–Trinajstić information content (AvgIpc) is 3.27. The highest BCUT2D eigenvalue weighted by Gasteiger charge is 2.29. The summed E-state index contributed by atoms with van der Waals surface area (Å²) in [6.07, 6.45) is 3.63. The van der Waals surface area contributed by atoms with Crippen molar-refractivity contribution >= 4 is 11.6 Å². The monoisotopic (exact) mass is 369 g/mol. The Balaban J connectivity index is 1.52. The maximum atomic E-state index is 13.0. The summed E-state index contributed by atoms with van der Waals surface area (Å²) in [5.74, 6) is 2.06. The number of rotatable bonds is 4. The molecule has 0 saturated carbocycles. The van der Waals surface area contributed by atoms with E-state index in [1.54, 1.807) is 18.3 Å². The van der Waals surface area contributed by atoms with Gasteiger partial charge in [0.2, 0.25) is 0 Å². The molecular formula is C17H23N9O. The lowest BCUT2D eigenvalue weighted by atomic mass is 9.96. The first-order valence-electron chi connectivity index (χ1n) is 9.03. The molecular weight excluding hydrogens is 346 g/mol. The van der Waals surface area contributed by atoms with Crippen molar-refractivity contribution in [3.05, 3.63) is 35.5 Å². The lowest BCUT2D eigenvalue weighted by Gasteiger charge is -2.32. The molecule has 27 heavy (non-hydrogen) atoms. The second-order valence-corrected chi connectivity index (χ2v) is 7.26. The molecule has 0 radical (unpaired) electrons. The Morgan fingerprint density at radius 3 is 2.93 bits per heavy atom. The zero-order chi connectivity index (χ0) is 19.0. The Morgan fingerprint density at radius 2 is 2.11 bits per heavy atom. The fourth-order valence-corrected chi connectivity index (χ4v) is 3.57. The van der Waals surface area contributed by atoms with Gasteiger partial charge < -0.3 is 14.4 Å². The highest BCUT2D eigenvalue weighted by Crippen LogP contribution is 2.27. The van der Waals surface area contributed by atoms with Crippen molar-refractivity contribution in [2.24, 2.45) is 7.05 Å². The maximum Gasteiger partial charge on any atom is 0.255 e. The van der Waals surface area contributed by atoms with Crippen molar-refractivity contribution in [1.29, 1.82) is 0 Å². The number of hydrogen-bond donors (Lipinski definition) is 0. The Kier molecular flexibility index (Phi) is 4.56. The van der Waals surface area contributed by atoms with E-state index in [1.807, 2.05) is 26.0 Å². The molecule has 3 aromatic rings. The van der Waals surface area contributed by atoms with Gasteiger partial charge in [0.15, 0.2) is 5.65 Å². The molecule has 10 nitrogen and oxygen atoms in total. The summed E-state index contributed by atoms with van der Waals surface area (Å²) in [5, 5.41) is 20.1. The van der Waals surface area contributed by atoms with Crippen LogP contribution in [0.2, 0.25) is 0 Å². The van der Waals surface area contributed by atoms with Crippen LogP contribution in [0.5, 0.6) is 0 Å². The van der Waals surface area contributed by atoms with Crippen LogP contribution in [0.15, 0.2) is 18.3 Å². The van der Waals surface area contributed by atoms with Crippen molar-refractivity contribution in [3.63, 3.8) is 0 Å². The number of fused-ring (bicyclic) bond motifs is 1. The molecule has 0 aromatic carbocycles. The smallest absolute Gasteiger partial charge is 0.255 e. The van der Waals surface area contributed by atoms with Crippen molar-refractivity contribution in [2.45, 2.75) is 25.3 Å². The summed E-state index contributed by atoms with van der Waals surface area (Å²) >= 11 is 0. The highest BCUT2D eigenvalue weighted by molar-refractivity contribution is 5.94. The molecule has 3 aromatic heterocycles. The molecule has 1 aliphatic rings. The molecule has 0 aliphatic carbocycles. The molecule has 4 rings (SSSR count). The first kappa shape index (κ1) is 17.5. The molecule has 1 fully saturated rings. The third-order valence-electron chi connectivity index (χ3n) is 4.97. The number of likely N-dealkylation sites (tertiary alicyclic amines) is 1. The van der Waals surface area contributed by atoms with E-state index in [0.29, 0.717) is 17.8 Å². The number of amides is 1. The van der Waals surface area contributed by atoms with E-state index in [9.17, 15) is 4.79 Å². The van der Waals surface area contributed by atoms with Crippen molar-refractivity contribution in [1.82, 2.24) is 44.6 Å². The fraction of sp³-hybridized carbons (Fsp3) is 0.529. The van der Waals surface area contributed by atoms with Gasteiger partial charge in [-0.2, -0.15) is 4.52 Å². The standard InChI is InChI=1S/C17H23N9O/c1-23(2)11-15-18-20-16(24(15)3)12-5-4-8-25(9-12)17(27)13-6-7-14-19-21-22-26(14)10-13/h6-7,10,12H,4-5,8-9,11H2,1-3H3/t12-/m1/s1. The molecule has 1 atom stereocenters. The van der Waals surface area contributed by atoms with Crippen LogP contribution >= 0.6 is 0 Å². The van der Waals surface area contributed by atoms with Gasteiger partial charge >= 0.3 is 0 Å². The predicted molar refractivity (Wildman–Crippen MR) is 97.1 cm³/mol. The first-order valence-corrected chi connectivity index (χ1v) is 9.03. The van der Waals surface area contributed by atoms with Crippen LogP contribution in [0, 0.1) is 0 Å². The summed E-state index contributed by atoms with van der Waals surface area (Å²) in [6.45, 7) is 2.12. The van der Waals surface area contributed by atoms with E-state index in [0.717, 1.165) is 37.6 Å². The Hall–Kier alpha value is -2.88. The van der Waals surface area contributed by atoms with Gasteiger partial charge in [-0.05, 0) is 49.5 Å². The lowest BCUT2D eigenvalue weighted by molar-refractivity contribution is 0.0702. The van der Waals surface area contributed by atoms with Gasteiger partial charge in [0.05, 0.1) is 12.1 Å². The van der Waals surface area contributed by atoms with E-state index >= 15 is 0 Å². The molecule has 1 amide bonds. The van der Waals surface area contributed by atoms with Gasteiger partial charge in [0.1, 0.15) is 11.6 Å². The third-order valence-corrected chi connectivity index (χ3v) is 4.97. The van der Waals surface area contributed by atoms with Crippen LogP contribution in [-0.2, 0) is 13.6 Å². The Morgan fingerprint density at radius 1 is 1.26 bits per heavy atom. The zero-order valence-corrected chi connectivity index (χ0v) is 15.8. The number of carbonyl (C=O) groups excluding carboxylic acids is 1. The minimum Gasteiger partial charge on any atom is -0.338 e. The topological polar surface area (TPSA) is 97.3 Å². The molecule has 1 aliphatic heterocycles. The minimum absolute atomic E-state index is 0.00668. The minimum atomic E-state index is -0.00668. The van der Waals surface area contributed by atoms with E-state index < -0.39 is 0 Å². The Bertz CT molecular complexity index is 960. The number of tetrazole rings is 1. The largest absolute Gasteiger partial charge is 0.338 e. The number of nitrogens with zero attached hydrogens (tertiary/aromatic N) is 9. The Labute approximate surface area is 156 Å². The molecule has 0 bridgehead atoms. The molecule has 1 saturated heterocycles. The van der Waals surface area contributed by atoms with Crippen LogP contribution in [0.4, 0.5) is 0 Å². The number of aromatic nitrogens is 7. The van der Waals surface area contributed by atoms with Crippen molar-refractivity contribution in [3.8, 4) is 0 Å². The molecule has 142 valence electrons. The van der Waals surface area contributed by atoms with Gasteiger partial charge in [-0.15, -0.1) is 15.3 Å². The first-order chi connectivity index (χ1) is 13.0. The summed E-state index contributed by atoms with van der Waals surface area (Å²) in [6, 6.07) is 3.53. The van der Waals surface area contributed by atoms with Crippen molar-refractivity contribution in [2.75, 3.05) is 27.2 Å². The number of hydrogen-bond acceptors (Lipinski definition) is 7. The van der Waals surface area contributed by atoms with Crippen LogP contribution < -0.4 is 0 Å².